The van der Waals surface area contributed by atoms with Crippen LogP contribution in [-0.4, -0.2) is 18.8 Å². The zero-order chi connectivity index (χ0) is 14.0. The molecule has 106 valence electrons. The summed E-state index contributed by atoms with van der Waals surface area (Å²) in [5.74, 6) is 0.174. The summed E-state index contributed by atoms with van der Waals surface area (Å²) in [5.41, 5.74) is 0.991. The molecule has 0 aliphatic heterocycles. The second-order valence-electron chi connectivity index (χ2n) is 4.45. The van der Waals surface area contributed by atoms with Crippen molar-refractivity contribution in [1.82, 2.24) is 5.32 Å². The van der Waals surface area contributed by atoms with Crippen molar-refractivity contribution in [2.24, 2.45) is 0 Å². The van der Waals surface area contributed by atoms with Crippen LogP contribution < -0.4 is 10.1 Å². The average molecular weight is 403 g/mol. The Balaban J connectivity index is 2.03. The molecule has 1 aromatic carbocycles. The second kappa shape index (κ2) is 6.01. The van der Waals surface area contributed by atoms with E-state index in [9.17, 15) is 13.2 Å². The predicted molar refractivity (Wildman–Crippen MR) is 73.3 cm³/mol. The van der Waals surface area contributed by atoms with Crippen LogP contribution in [0.15, 0.2) is 21.1 Å². The number of halogens is 5. The third-order valence-electron chi connectivity index (χ3n) is 2.61. The van der Waals surface area contributed by atoms with Gasteiger partial charge in [0.05, 0.1) is 8.95 Å². The number of alkyl halides is 3. The number of hydrogen-bond donors (Lipinski definition) is 1. The number of ether oxygens (including phenoxy) is 1. The lowest BCUT2D eigenvalue weighted by Crippen LogP contribution is -2.19. The SMILES string of the molecule is FC(F)(F)COc1c(Br)cc(CNC2CC2)cc1Br. The Morgan fingerprint density at radius 2 is 1.79 bits per heavy atom. The minimum absolute atomic E-state index is 0.174. The van der Waals surface area contributed by atoms with Crippen LogP contribution in [0.3, 0.4) is 0 Å². The third-order valence-corrected chi connectivity index (χ3v) is 3.79. The first-order valence-electron chi connectivity index (χ1n) is 5.76. The van der Waals surface area contributed by atoms with Gasteiger partial charge < -0.3 is 10.1 Å². The van der Waals surface area contributed by atoms with Crippen molar-refractivity contribution in [3.63, 3.8) is 0 Å². The Morgan fingerprint density at radius 3 is 2.26 bits per heavy atom. The molecule has 0 bridgehead atoms. The van der Waals surface area contributed by atoms with E-state index in [0.29, 0.717) is 21.5 Å². The van der Waals surface area contributed by atoms with Gasteiger partial charge in [-0.25, -0.2) is 0 Å². The van der Waals surface area contributed by atoms with Crippen molar-refractivity contribution in [3.05, 3.63) is 26.6 Å². The van der Waals surface area contributed by atoms with Gasteiger partial charge in [-0.3, -0.25) is 0 Å². The maximum absolute atomic E-state index is 12.1. The highest BCUT2D eigenvalue weighted by Gasteiger charge is 2.29. The standard InChI is InChI=1S/C12H12Br2F3NO/c13-9-3-7(5-18-8-1-2-8)4-10(14)11(9)19-6-12(15,16)17/h3-4,8,18H,1-2,5-6H2. The molecule has 0 spiro atoms. The van der Waals surface area contributed by atoms with Crippen LogP contribution in [0.2, 0.25) is 0 Å². The van der Waals surface area contributed by atoms with Crippen molar-refractivity contribution in [2.45, 2.75) is 31.6 Å². The zero-order valence-corrected chi connectivity index (χ0v) is 13.0. The van der Waals surface area contributed by atoms with Crippen LogP contribution >= 0.6 is 31.9 Å². The van der Waals surface area contributed by atoms with Crippen LogP contribution in [0.1, 0.15) is 18.4 Å². The Labute approximate surface area is 126 Å². The molecule has 0 saturated heterocycles. The Morgan fingerprint density at radius 1 is 1.21 bits per heavy atom. The van der Waals surface area contributed by atoms with E-state index in [-0.39, 0.29) is 5.75 Å². The van der Waals surface area contributed by atoms with Crippen LogP contribution in [0.4, 0.5) is 13.2 Å². The van der Waals surface area contributed by atoms with Crippen LogP contribution in [0.25, 0.3) is 0 Å². The van der Waals surface area contributed by atoms with Crippen molar-refractivity contribution in [2.75, 3.05) is 6.61 Å². The summed E-state index contributed by atoms with van der Waals surface area (Å²) in [6.07, 6.45) is -1.96. The van der Waals surface area contributed by atoms with E-state index in [2.05, 4.69) is 37.2 Å². The molecule has 0 radical (unpaired) electrons. The van der Waals surface area contributed by atoms with E-state index in [4.69, 9.17) is 4.74 Å². The topological polar surface area (TPSA) is 21.3 Å². The minimum atomic E-state index is -4.34. The van der Waals surface area contributed by atoms with Gasteiger partial charge in [-0.05, 0) is 62.4 Å². The highest BCUT2D eigenvalue weighted by Crippen LogP contribution is 2.36. The van der Waals surface area contributed by atoms with Gasteiger partial charge in [0.2, 0.25) is 0 Å². The Kier molecular flexibility index (Phi) is 4.79. The maximum Gasteiger partial charge on any atom is 0.422 e. The second-order valence-corrected chi connectivity index (χ2v) is 6.16. The molecule has 7 heteroatoms. The smallest absolute Gasteiger partial charge is 0.422 e. The normalized spacial score (nSPS) is 15.6. The van der Waals surface area contributed by atoms with E-state index >= 15 is 0 Å². The molecule has 1 aromatic rings. The fraction of sp³-hybridized carbons (Fsp3) is 0.500. The summed E-state index contributed by atoms with van der Waals surface area (Å²) in [7, 11) is 0. The molecule has 19 heavy (non-hydrogen) atoms. The summed E-state index contributed by atoms with van der Waals surface area (Å²) in [6.45, 7) is -0.606. The molecule has 0 atom stereocenters. The molecule has 0 amide bonds. The van der Waals surface area contributed by atoms with Gasteiger partial charge >= 0.3 is 6.18 Å². The summed E-state index contributed by atoms with van der Waals surface area (Å²) in [6, 6.07) is 4.12. The van der Waals surface area contributed by atoms with Gasteiger partial charge in [0.1, 0.15) is 5.75 Å². The Hall–Kier alpha value is -0.270. The molecule has 1 aliphatic rings. The van der Waals surface area contributed by atoms with E-state index in [0.717, 1.165) is 5.56 Å². The largest absolute Gasteiger partial charge is 0.482 e. The van der Waals surface area contributed by atoms with Gasteiger partial charge in [0.15, 0.2) is 6.61 Å². The molecule has 0 heterocycles. The van der Waals surface area contributed by atoms with Crippen LogP contribution in [-0.2, 0) is 6.54 Å². The van der Waals surface area contributed by atoms with E-state index < -0.39 is 12.8 Å². The first-order chi connectivity index (χ1) is 8.85. The molecular weight excluding hydrogens is 391 g/mol. The predicted octanol–water partition coefficient (Wildman–Crippen LogP) is 4.40. The number of nitrogens with one attached hydrogen (secondary N) is 1. The third kappa shape index (κ3) is 4.96. The number of benzene rings is 1. The molecule has 1 saturated carbocycles. The van der Waals surface area contributed by atoms with Crippen molar-refractivity contribution in [1.29, 1.82) is 0 Å². The van der Waals surface area contributed by atoms with Crippen molar-refractivity contribution < 1.29 is 17.9 Å². The molecule has 1 N–H and O–H groups in total. The summed E-state index contributed by atoms with van der Waals surface area (Å²) >= 11 is 6.48. The van der Waals surface area contributed by atoms with Crippen molar-refractivity contribution in [3.8, 4) is 5.75 Å². The first-order valence-corrected chi connectivity index (χ1v) is 7.34. The highest BCUT2D eigenvalue weighted by molar-refractivity contribution is 9.11. The van der Waals surface area contributed by atoms with Gasteiger partial charge in [0, 0.05) is 12.6 Å². The van der Waals surface area contributed by atoms with Gasteiger partial charge in [0.25, 0.3) is 0 Å². The molecule has 0 aromatic heterocycles. The summed E-state index contributed by atoms with van der Waals surface area (Å²) in [5, 5.41) is 3.34. The quantitative estimate of drug-likeness (QED) is 0.787. The zero-order valence-electron chi connectivity index (χ0n) is 9.86. The van der Waals surface area contributed by atoms with Gasteiger partial charge in [-0.15, -0.1) is 0 Å². The minimum Gasteiger partial charge on any atom is -0.482 e. The summed E-state index contributed by atoms with van der Waals surface area (Å²) < 4.78 is 42.2. The highest BCUT2D eigenvalue weighted by atomic mass is 79.9. The number of rotatable bonds is 5. The van der Waals surface area contributed by atoms with Crippen LogP contribution in [0.5, 0.6) is 5.75 Å². The lowest BCUT2D eigenvalue weighted by atomic mass is 10.2. The fourth-order valence-corrected chi connectivity index (χ4v) is 3.07. The van der Waals surface area contributed by atoms with Crippen LogP contribution in [0, 0.1) is 0 Å². The van der Waals surface area contributed by atoms with Gasteiger partial charge in [-0.2, -0.15) is 13.2 Å². The lowest BCUT2D eigenvalue weighted by molar-refractivity contribution is -0.153. The Bertz CT molecular complexity index is 438. The van der Waals surface area contributed by atoms with E-state index in [1.807, 2.05) is 0 Å². The molecule has 2 rings (SSSR count). The monoisotopic (exact) mass is 401 g/mol. The maximum atomic E-state index is 12.1. The van der Waals surface area contributed by atoms with Gasteiger partial charge in [-0.1, -0.05) is 0 Å². The fourth-order valence-electron chi connectivity index (χ4n) is 1.56. The first kappa shape index (κ1) is 15.1. The molecule has 1 fully saturated rings. The molecule has 2 nitrogen and oxygen atoms in total. The van der Waals surface area contributed by atoms with Crippen molar-refractivity contribution >= 4 is 31.9 Å². The van der Waals surface area contributed by atoms with E-state index in [1.165, 1.54) is 12.8 Å². The molecular formula is C12H12Br2F3NO. The average Bonchev–Trinajstić information content (AvgIpc) is 3.07. The summed E-state index contributed by atoms with van der Waals surface area (Å²) in [4.78, 5) is 0. The molecule has 1 aliphatic carbocycles. The van der Waals surface area contributed by atoms with E-state index in [1.54, 1.807) is 12.1 Å². The lowest BCUT2D eigenvalue weighted by Gasteiger charge is -2.14. The number of hydrogen-bond acceptors (Lipinski definition) is 2. The molecule has 0 unspecified atom stereocenters.